The number of nitrogens with zero attached hydrogens (tertiary/aromatic N) is 2. The molecule has 0 spiro atoms. The van der Waals surface area contributed by atoms with Gasteiger partial charge in [0.25, 0.3) is 0 Å². The Balaban J connectivity index is 0.952. The Labute approximate surface area is 373 Å². The zero-order valence-electron chi connectivity index (χ0n) is 35.1. The molecule has 11 aromatic carbocycles. The van der Waals surface area contributed by atoms with E-state index >= 15 is 0 Å². The van der Waals surface area contributed by atoms with Gasteiger partial charge in [0, 0.05) is 33.3 Å². The van der Waals surface area contributed by atoms with Crippen LogP contribution in [-0.4, -0.2) is 4.57 Å². The monoisotopic (exact) mass is 814 g/mol. The fourth-order valence-electron chi connectivity index (χ4n) is 9.79. The SMILES string of the molecule is c1ccc(-c2ccccc2N(c2ccc(-c3ccc4c(ccc5ccccc54)c3)cc2)c2ccc(-c3ccccc3-c3ccccc3-n3c4ccccc4c4ccccc43)cc2)cc1. The Hall–Kier alpha value is -8.46. The predicted octanol–water partition coefficient (Wildman–Crippen LogP) is 17.2. The number of hydrogen-bond acceptors (Lipinski definition) is 1. The molecule has 0 N–H and O–H groups in total. The molecular weight excluding hydrogens is 773 g/mol. The van der Waals surface area contributed by atoms with Gasteiger partial charge in [-0.3, -0.25) is 0 Å². The number of anilines is 3. The van der Waals surface area contributed by atoms with Crippen molar-refractivity contribution in [2.24, 2.45) is 0 Å². The highest BCUT2D eigenvalue weighted by Gasteiger charge is 2.20. The van der Waals surface area contributed by atoms with Gasteiger partial charge in [0.1, 0.15) is 0 Å². The Morgan fingerprint density at radius 2 is 0.750 bits per heavy atom. The number of benzene rings is 11. The molecule has 2 nitrogen and oxygen atoms in total. The van der Waals surface area contributed by atoms with Gasteiger partial charge in [-0.2, -0.15) is 0 Å². The van der Waals surface area contributed by atoms with Gasteiger partial charge in [-0.15, -0.1) is 0 Å². The molecule has 0 saturated heterocycles. The highest BCUT2D eigenvalue weighted by molar-refractivity contribution is 6.10. The summed E-state index contributed by atoms with van der Waals surface area (Å²) in [5.41, 5.74) is 16.3. The maximum Gasteiger partial charge on any atom is 0.0541 e. The minimum absolute atomic E-state index is 1.08. The topological polar surface area (TPSA) is 8.17 Å². The summed E-state index contributed by atoms with van der Waals surface area (Å²) in [5.74, 6) is 0. The van der Waals surface area contributed by atoms with Crippen LogP contribution in [0, 0.1) is 0 Å². The summed E-state index contributed by atoms with van der Waals surface area (Å²) < 4.78 is 2.43. The van der Waals surface area contributed by atoms with Crippen LogP contribution >= 0.6 is 0 Å². The fraction of sp³-hybridized carbons (Fsp3) is 0. The molecule has 64 heavy (non-hydrogen) atoms. The van der Waals surface area contributed by atoms with Crippen molar-refractivity contribution >= 4 is 60.4 Å². The maximum absolute atomic E-state index is 2.43. The first-order valence-corrected chi connectivity index (χ1v) is 22.0. The molecular formula is C62H42N2. The molecule has 1 heterocycles. The van der Waals surface area contributed by atoms with Crippen LogP contribution < -0.4 is 4.90 Å². The second-order valence-electron chi connectivity index (χ2n) is 16.5. The first-order chi connectivity index (χ1) is 31.8. The highest BCUT2D eigenvalue weighted by atomic mass is 15.1. The van der Waals surface area contributed by atoms with Crippen molar-refractivity contribution < 1.29 is 0 Å². The number of fused-ring (bicyclic) bond motifs is 6. The van der Waals surface area contributed by atoms with Gasteiger partial charge < -0.3 is 9.47 Å². The molecule has 0 fully saturated rings. The van der Waals surface area contributed by atoms with Crippen LogP contribution in [0.5, 0.6) is 0 Å². The van der Waals surface area contributed by atoms with Gasteiger partial charge in [-0.05, 0) is 110 Å². The lowest BCUT2D eigenvalue weighted by molar-refractivity contribution is 1.18. The average Bonchev–Trinajstić information content (AvgIpc) is 3.71. The molecule has 0 aliphatic rings. The fourth-order valence-corrected chi connectivity index (χ4v) is 9.79. The molecule has 0 bridgehead atoms. The molecule has 0 unspecified atom stereocenters. The summed E-state index contributed by atoms with van der Waals surface area (Å²) in [6, 6.07) is 92.6. The van der Waals surface area contributed by atoms with Gasteiger partial charge in [0.2, 0.25) is 0 Å². The van der Waals surface area contributed by atoms with Crippen molar-refractivity contribution in [3.05, 3.63) is 255 Å². The zero-order valence-corrected chi connectivity index (χ0v) is 35.1. The second kappa shape index (κ2) is 15.8. The van der Waals surface area contributed by atoms with Crippen LogP contribution in [-0.2, 0) is 0 Å². The lowest BCUT2D eigenvalue weighted by Crippen LogP contribution is -2.11. The summed E-state index contributed by atoms with van der Waals surface area (Å²) in [4.78, 5) is 2.39. The third kappa shape index (κ3) is 6.44. The standard InChI is InChI=1S/C62H42N2/c1-2-16-44(17-3-1)54-21-8-12-26-59(54)63(49-37-32-43(33-38-49)47-36-41-53-48(42-47)31-30-45-18-4-5-19-51(45)53)50-39-34-46(35-40-50)52-20-6-7-22-55(52)56-23-9-13-27-60(56)64-61-28-14-10-24-57(61)58-25-11-15-29-62(58)64/h1-42H. The van der Waals surface area contributed by atoms with E-state index in [4.69, 9.17) is 0 Å². The van der Waals surface area contributed by atoms with Crippen molar-refractivity contribution in [1.82, 2.24) is 4.57 Å². The van der Waals surface area contributed by atoms with E-state index in [0.29, 0.717) is 0 Å². The summed E-state index contributed by atoms with van der Waals surface area (Å²) in [7, 11) is 0. The third-order valence-corrected chi connectivity index (χ3v) is 12.8. The molecule has 0 atom stereocenters. The van der Waals surface area contributed by atoms with Crippen LogP contribution in [0.1, 0.15) is 0 Å². The van der Waals surface area contributed by atoms with E-state index in [1.54, 1.807) is 0 Å². The predicted molar refractivity (Wildman–Crippen MR) is 272 cm³/mol. The van der Waals surface area contributed by atoms with E-state index in [1.807, 2.05) is 0 Å². The Morgan fingerprint density at radius 3 is 1.47 bits per heavy atom. The van der Waals surface area contributed by atoms with Gasteiger partial charge in [0.05, 0.1) is 22.4 Å². The van der Waals surface area contributed by atoms with Crippen molar-refractivity contribution in [2.75, 3.05) is 4.90 Å². The largest absolute Gasteiger partial charge is 0.310 e. The molecule has 300 valence electrons. The van der Waals surface area contributed by atoms with Crippen LogP contribution in [0.2, 0.25) is 0 Å². The molecule has 2 heteroatoms. The van der Waals surface area contributed by atoms with Gasteiger partial charge >= 0.3 is 0 Å². The average molecular weight is 815 g/mol. The molecule has 0 amide bonds. The summed E-state index contributed by atoms with van der Waals surface area (Å²) >= 11 is 0. The van der Waals surface area contributed by atoms with Gasteiger partial charge in [-0.1, -0.05) is 200 Å². The molecule has 12 rings (SSSR count). The van der Waals surface area contributed by atoms with E-state index in [2.05, 4.69) is 264 Å². The Bertz CT molecular complexity index is 3600. The first-order valence-electron chi connectivity index (χ1n) is 22.0. The van der Waals surface area contributed by atoms with Gasteiger partial charge in [0.15, 0.2) is 0 Å². The minimum Gasteiger partial charge on any atom is -0.310 e. The third-order valence-electron chi connectivity index (χ3n) is 12.8. The van der Waals surface area contributed by atoms with Crippen molar-refractivity contribution in [1.29, 1.82) is 0 Å². The molecule has 0 aliphatic heterocycles. The molecule has 0 saturated carbocycles. The molecule has 1 aromatic heterocycles. The summed E-state index contributed by atoms with van der Waals surface area (Å²) in [6.45, 7) is 0. The lowest BCUT2D eigenvalue weighted by atomic mass is 9.93. The maximum atomic E-state index is 2.43. The summed E-state index contributed by atoms with van der Waals surface area (Å²) in [6.07, 6.45) is 0. The van der Waals surface area contributed by atoms with Crippen molar-refractivity contribution in [3.8, 4) is 50.2 Å². The lowest BCUT2D eigenvalue weighted by Gasteiger charge is -2.28. The van der Waals surface area contributed by atoms with Crippen LogP contribution in [0.4, 0.5) is 17.1 Å². The number of aromatic nitrogens is 1. The molecule has 0 radical (unpaired) electrons. The van der Waals surface area contributed by atoms with Crippen LogP contribution in [0.3, 0.4) is 0 Å². The van der Waals surface area contributed by atoms with Gasteiger partial charge in [-0.25, -0.2) is 0 Å². The Morgan fingerprint density at radius 1 is 0.266 bits per heavy atom. The highest BCUT2D eigenvalue weighted by Crippen LogP contribution is 2.44. The quantitative estimate of drug-likeness (QED) is 0.139. The van der Waals surface area contributed by atoms with E-state index in [9.17, 15) is 0 Å². The first kappa shape index (κ1) is 37.3. The smallest absolute Gasteiger partial charge is 0.0541 e. The number of rotatable bonds is 8. The van der Waals surface area contributed by atoms with E-state index in [-0.39, 0.29) is 0 Å². The second-order valence-corrected chi connectivity index (χ2v) is 16.5. The normalized spacial score (nSPS) is 11.4. The molecule has 12 aromatic rings. The summed E-state index contributed by atoms with van der Waals surface area (Å²) in [5, 5.41) is 7.59. The molecule has 0 aliphatic carbocycles. The van der Waals surface area contributed by atoms with Crippen molar-refractivity contribution in [3.63, 3.8) is 0 Å². The van der Waals surface area contributed by atoms with Crippen molar-refractivity contribution in [2.45, 2.75) is 0 Å². The number of hydrogen-bond donors (Lipinski definition) is 0. The van der Waals surface area contributed by atoms with E-state index < -0.39 is 0 Å². The van der Waals surface area contributed by atoms with Crippen LogP contribution in [0.15, 0.2) is 255 Å². The minimum atomic E-state index is 1.08. The van der Waals surface area contributed by atoms with E-state index in [1.165, 1.54) is 82.3 Å². The van der Waals surface area contributed by atoms with Crippen LogP contribution in [0.25, 0.3) is 93.5 Å². The zero-order chi connectivity index (χ0) is 42.4. The number of para-hydroxylation sites is 4. The van der Waals surface area contributed by atoms with E-state index in [0.717, 1.165) is 28.3 Å². The Kier molecular flexibility index (Phi) is 9.20.